The molecule has 0 bridgehead atoms. The molecule has 1 atom stereocenters. The lowest BCUT2D eigenvalue weighted by molar-refractivity contribution is 0.220. The monoisotopic (exact) mass is 294 g/mol. The molecule has 0 aromatic heterocycles. The molecule has 0 fully saturated rings. The second kappa shape index (κ2) is 6.13. The van der Waals surface area contributed by atoms with Gasteiger partial charge < -0.3 is 5.11 Å². The van der Waals surface area contributed by atoms with E-state index in [1.165, 1.54) is 5.56 Å². The van der Waals surface area contributed by atoms with Gasteiger partial charge in [0.25, 0.3) is 0 Å². The zero-order chi connectivity index (χ0) is 14.7. The Hall–Kier alpha value is -2.09. The van der Waals surface area contributed by atoms with Gasteiger partial charge in [0.1, 0.15) is 6.10 Å². The summed E-state index contributed by atoms with van der Waals surface area (Å²) in [6.07, 6.45) is -0.632. The van der Waals surface area contributed by atoms with E-state index in [1.54, 1.807) is 12.1 Å². The number of halogens is 1. The average Bonchev–Trinajstić information content (AvgIpc) is 2.56. The molecule has 104 valence electrons. The van der Waals surface area contributed by atoms with Gasteiger partial charge in [-0.25, -0.2) is 0 Å². The van der Waals surface area contributed by atoms with Gasteiger partial charge in [-0.05, 0) is 34.4 Å². The fraction of sp³-hybridized carbons (Fsp3) is 0.0526. The SMILES string of the molecule is O[C@@H](c1ccc(Cl)cc1)c1ccc(-c2ccccc2)cc1. The second-order valence-electron chi connectivity index (χ2n) is 4.94. The van der Waals surface area contributed by atoms with E-state index >= 15 is 0 Å². The topological polar surface area (TPSA) is 20.2 Å². The summed E-state index contributed by atoms with van der Waals surface area (Å²) >= 11 is 5.87. The summed E-state index contributed by atoms with van der Waals surface area (Å²) in [6, 6.07) is 25.4. The van der Waals surface area contributed by atoms with Gasteiger partial charge in [-0.15, -0.1) is 0 Å². The molecule has 3 rings (SSSR count). The Labute approximate surface area is 129 Å². The van der Waals surface area contributed by atoms with Crippen molar-refractivity contribution in [3.05, 3.63) is 95.0 Å². The number of hydrogen-bond acceptors (Lipinski definition) is 1. The van der Waals surface area contributed by atoms with Gasteiger partial charge in [0.2, 0.25) is 0 Å². The first-order valence-corrected chi connectivity index (χ1v) is 7.21. The van der Waals surface area contributed by atoms with Crippen molar-refractivity contribution in [2.75, 3.05) is 0 Å². The minimum atomic E-state index is -0.632. The highest BCUT2D eigenvalue weighted by atomic mass is 35.5. The summed E-state index contributed by atoms with van der Waals surface area (Å²) in [5.74, 6) is 0. The second-order valence-corrected chi connectivity index (χ2v) is 5.38. The number of aliphatic hydroxyl groups excluding tert-OH is 1. The standard InChI is InChI=1S/C19H15ClO/c20-18-12-10-17(11-13-18)19(21)16-8-6-15(7-9-16)14-4-2-1-3-5-14/h1-13,19,21H/t19-/m1/s1. The van der Waals surface area contributed by atoms with Crippen molar-refractivity contribution in [2.24, 2.45) is 0 Å². The maximum absolute atomic E-state index is 10.4. The lowest BCUT2D eigenvalue weighted by Gasteiger charge is -2.12. The molecule has 0 radical (unpaired) electrons. The van der Waals surface area contributed by atoms with E-state index in [-0.39, 0.29) is 0 Å². The molecule has 0 aliphatic heterocycles. The molecule has 0 saturated carbocycles. The minimum Gasteiger partial charge on any atom is -0.384 e. The molecule has 3 aromatic carbocycles. The van der Waals surface area contributed by atoms with E-state index in [2.05, 4.69) is 12.1 Å². The summed E-state index contributed by atoms with van der Waals surface area (Å²) in [5, 5.41) is 11.1. The first kappa shape index (κ1) is 13.9. The van der Waals surface area contributed by atoms with Crippen LogP contribution in [0.15, 0.2) is 78.9 Å². The molecule has 21 heavy (non-hydrogen) atoms. The van der Waals surface area contributed by atoms with Gasteiger partial charge in [-0.1, -0.05) is 78.3 Å². The van der Waals surface area contributed by atoms with E-state index in [0.29, 0.717) is 5.02 Å². The maximum Gasteiger partial charge on any atom is 0.104 e. The van der Waals surface area contributed by atoms with Crippen molar-refractivity contribution in [1.82, 2.24) is 0 Å². The molecular formula is C19H15ClO. The summed E-state index contributed by atoms with van der Waals surface area (Å²) in [5.41, 5.74) is 4.02. The van der Waals surface area contributed by atoms with Crippen LogP contribution in [-0.4, -0.2) is 5.11 Å². The third-order valence-electron chi connectivity index (χ3n) is 3.52. The molecule has 1 N–H and O–H groups in total. The molecular weight excluding hydrogens is 280 g/mol. The molecule has 0 spiro atoms. The average molecular weight is 295 g/mol. The Bertz CT molecular complexity index is 703. The van der Waals surface area contributed by atoms with Crippen LogP contribution in [0.25, 0.3) is 11.1 Å². The Kier molecular flexibility index (Phi) is 4.05. The van der Waals surface area contributed by atoms with Crippen molar-refractivity contribution in [3.63, 3.8) is 0 Å². The van der Waals surface area contributed by atoms with E-state index < -0.39 is 6.10 Å². The van der Waals surface area contributed by atoms with Crippen molar-refractivity contribution >= 4 is 11.6 Å². The van der Waals surface area contributed by atoms with Crippen molar-refractivity contribution < 1.29 is 5.11 Å². The quantitative estimate of drug-likeness (QED) is 0.713. The molecule has 3 aromatic rings. The van der Waals surface area contributed by atoms with Crippen LogP contribution >= 0.6 is 11.6 Å². The van der Waals surface area contributed by atoms with Crippen molar-refractivity contribution in [3.8, 4) is 11.1 Å². The van der Waals surface area contributed by atoms with E-state index in [0.717, 1.165) is 16.7 Å². The predicted molar refractivity (Wildman–Crippen MR) is 87.4 cm³/mol. The molecule has 0 aliphatic rings. The Balaban J connectivity index is 1.85. The number of benzene rings is 3. The van der Waals surface area contributed by atoms with Crippen LogP contribution in [0.5, 0.6) is 0 Å². The lowest BCUT2D eigenvalue weighted by Crippen LogP contribution is -1.99. The van der Waals surface area contributed by atoms with Crippen LogP contribution in [0.2, 0.25) is 5.02 Å². The molecule has 2 heteroatoms. The summed E-state index contributed by atoms with van der Waals surface area (Å²) in [6.45, 7) is 0. The largest absolute Gasteiger partial charge is 0.384 e. The van der Waals surface area contributed by atoms with Crippen LogP contribution in [0, 0.1) is 0 Å². The normalized spacial score (nSPS) is 12.1. The lowest BCUT2D eigenvalue weighted by atomic mass is 9.98. The molecule has 1 nitrogen and oxygen atoms in total. The van der Waals surface area contributed by atoms with Crippen LogP contribution in [0.3, 0.4) is 0 Å². The van der Waals surface area contributed by atoms with Gasteiger partial charge in [-0.3, -0.25) is 0 Å². The Morgan fingerprint density at radius 1 is 0.619 bits per heavy atom. The maximum atomic E-state index is 10.4. The highest BCUT2D eigenvalue weighted by molar-refractivity contribution is 6.30. The predicted octanol–water partition coefficient (Wildman–Crippen LogP) is 5.09. The molecule has 0 saturated heterocycles. The smallest absolute Gasteiger partial charge is 0.104 e. The van der Waals surface area contributed by atoms with Crippen molar-refractivity contribution in [2.45, 2.75) is 6.10 Å². The zero-order valence-electron chi connectivity index (χ0n) is 11.4. The fourth-order valence-electron chi connectivity index (χ4n) is 2.33. The molecule has 0 unspecified atom stereocenters. The van der Waals surface area contributed by atoms with Gasteiger partial charge in [0.15, 0.2) is 0 Å². The summed E-state index contributed by atoms with van der Waals surface area (Å²) in [7, 11) is 0. The first-order chi connectivity index (χ1) is 10.2. The highest BCUT2D eigenvalue weighted by Gasteiger charge is 2.10. The van der Waals surface area contributed by atoms with Crippen LogP contribution in [0.1, 0.15) is 17.2 Å². The van der Waals surface area contributed by atoms with E-state index in [4.69, 9.17) is 11.6 Å². The minimum absolute atomic E-state index is 0.632. The van der Waals surface area contributed by atoms with Gasteiger partial charge in [-0.2, -0.15) is 0 Å². The fourth-order valence-corrected chi connectivity index (χ4v) is 2.45. The Morgan fingerprint density at radius 3 is 1.67 bits per heavy atom. The molecule has 0 amide bonds. The van der Waals surface area contributed by atoms with Crippen LogP contribution < -0.4 is 0 Å². The third kappa shape index (κ3) is 3.15. The summed E-state index contributed by atoms with van der Waals surface area (Å²) < 4.78 is 0. The molecule has 0 aliphatic carbocycles. The van der Waals surface area contributed by atoms with Gasteiger partial charge in [0.05, 0.1) is 0 Å². The molecule has 0 heterocycles. The third-order valence-corrected chi connectivity index (χ3v) is 3.77. The number of aliphatic hydroxyl groups is 1. The van der Waals surface area contributed by atoms with Gasteiger partial charge in [0, 0.05) is 5.02 Å². The first-order valence-electron chi connectivity index (χ1n) is 6.83. The van der Waals surface area contributed by atoms with Gasteiger partial charge >= 0.3 is 0 Å². The van der Waals surface area contributed by atoms with Crippen LogP contribution in [-0.2, 0) is 0 Å². The zero-order valence-corrected chi connectivity index (χ0v) is 12.2. The van der Waals surface area contributed by atoms with Crippen LogP contribution in [0.4, 0.5) is 0 Å². The van der Waals surface area contributed by atoms with Crippen molar-refractivity contribution in [1.29, 1.82) is 0 Å². The van der Waals surface area contributed by atoms with E-state index in [1.807, 2.05) is 54.6 Å². The summed E-state index contributed by atoms with van der Waals surface area (Å²) in [4.78, 5) is 0. The van der Waals surface area contributed by atoms with E-state index in [9.17, 15) is 5.11 Å². The number of rotatable bonds is 3. The Morgan fingerprint density at radius 2 is 1.10 bits per heavy atom. The highest BCUT2D eigenvalue weighted by Crippen LogP contribution is 2.26. The number of hydrogen-bond donors (Lipinski definition) is 1.